The predicted octanol–water partition coefficient (Wildman–Crippen LogP) is 4.78. The predicted molar refractivity (Wildman–Crippen MR) is 97.3 cm³/mol. The van der Waals surface area contributed by atoms with E-state index in [4.69, 9.17) is 10.8 Å². The van der Waals surface area contributed by atoms with Crippen LogP contribution in [-0.4, -0.2) is 12.2 Å². The minimum Gasteiger partial charge on any atom is -0.400 e. The molecule has 0 aromatic heterocycles. The smallest absolute Gasteiger partial charge is 0.0319 e. The number of hydrogen-bond donors (Lipinski definition) is 2. The molecule has 0 saturated heterocycles. The summed E-state index contributed by atoms with van der Waals surface area (Å²) in [5.41, 5.74) is 8.97. The van der Waals surface area contributed by atoms with E-state index in [1.54, 1.807) is 0 Å². The molecule has 0 saturated carbocycles. The van der Waals surface area contributed by atoms with Crippen molar-refractivity contribution >= 4 is 0 Å². The first-order chi connectivity index (χ1) is 10.1. The van der Waals surface area contributed by atoms with Gasteiger partial charge in [0.25, 0.3) is 0 Å². The molecule has 0 bridgehead atoms. The highest BCUT2D eigenvalue weighted by atomic mass is 16.2. The first kappa shape index (κ1) is 24.4. The Balaban J connectivity index is -0.000000251. The van der Waals surface area contributed by atoms with Crippen molar-refractivity contribution in [1.29, 1.82) is 0 Å². The summed E-state index contributed by atoms with van der Waals surface area (Å²) >= 11 is 0. The van der Waals surface area contributed by atoms with Crippen molar-refractivity contribution in [2.45, 2.75) is 41.2 Å². The maximum absolute atomic E-state index is 7.00. The van der Waals surface area contributed by atoms with Crippen LogP contribution in [0.5, 0.6) is 0 Å². The van der Waals surface area contributed by atoms with Crippen molar-refractivity contribution < 1.29 is 5.11 Å². The Morgan fingerprint density at radius 3 is 1.95 bits per heavy atom. The van der Waals surface area contributed by atoms with E-state index in [0.717, 1.165) is 12.7 Å². The van der Waals surface area contributed by atoms with Crippen molar-refractivity contribution in [2.75, 3.05) is 7.11 Å². The van der Waals surface area contributed by atoms with E-state index in [1.807, 2.05) is 52.0 Å². The van der Waals surface area contributed by atoms with Crippen molar-refractivity contribution in [2.24, 2.45) is 5.73 Å². The molecule has 1 rings (SSSR count). The van der Waals surface area contributed by atoms with E-state index in [2.05, 4.69) is 37.8 Å². The molecule has 1 aromatic carbocycles. The molecule has 0 fully saturated rings. The van der Waals surface area contributed by atoms with Gasteiger partial charge in [-0.2, -0.15) is 0 Å². The maximum atomic E-state index is 7.00. The third kappa shape index (κ3) is 20.8. The average Bonchev–Trinajstić information content (AvgIpc) is 2.53. The summed E-state index contributed by atoms with van der Waals surface area (Å²) in [4.78, 5) is 0. The Morgan fingerprint density at radius 2 is 1.62 bits per heavy atom. The quantitative estimate of drug-likeness (QED) is 0.787. The lowest BCUT2D eigenvalue weighted by Gasteiger charge is -1.94. The zero-order valence-corrected chi connectivity index (χ0v) is 14.6. The first-order valence-electron chi connectivity index (χ1n) is 7.25. The molecule has 0 heterocycles. The number of rotatable bonds is 3. The minimum absolute atomic E-state index is 0.639. The first-order valence-corrected chi connectivity index (χ1v) is 7.25. The summed E-state index contributed by atoms with van der Waals surface area (Å²) < 4.78 is 0. The lowest BCUT2D eigenvalue weighted by Crippen LogP contribution is -1.94. The molecule has 0 amide bonds. The van der Waals surface area contributed by atoms with Crippen LogP contribution in [0.1, 0.15) is 38.8 Å². The number of hydrogen-bond acceptors (Lipinski definition) is 2. The number of aryl methyl sites for hydroxylation is 1. The maximum Gasteiger partial charge on any atom is 0.0319 e. The normalized spacial score (nSPS) is 8.95. The third-order valence-electron chi connectivity index (χ3n) is 2.04. The Kier molecular flexibility index (Phi) is 24.0. The number of benzene rings is 1. The largest absolute Gasteiger partial charge is 0.400 e. The van der Waals surface area contributed by atoms with Crippen LogP contribution >= 0.6 is 0 Å². The molecule has 3 N–H and O–H groups in total. The molecule has 0 radical (unpaired) electrons. The fraction of sp³-hybridized carbons (Fsp3) is 0.368. The summed E-state index contributed by atoms with van der Waals surface area (Å²) in [6, 6.07) is 8.25. The van der Waals surface area contributed by atoms with E-state index in [1.165, 1.54) is 11.1 Å². The summed E-state index contributed by atoms with van der Waals surface area (Å²) in [6.07, 6.45) is 7.91. The Morgan fingerprint density at radius 1 is 1.14 bits per heavy atom. The molecule has 0 unspecified atom stereocenters. The third-order valence-corrected chi connectivity index (χ3v) is 2.04. The van der Waals surface area contributed by atoms with Gasteiger partial charge < -0.3 is 10.8 Å². The Labute approximate surface area is 131 Å². The van der Waals surface area contributed by atoms with Gasteiger partial charge in [-0.1, -0.05) is 80.1 Å². The molecule has 0 aliphatic heterocycles. The highest BCUT2D eigenvalue weighted by Gasteiger charge is 1.85. The molecule has 2 nitrogen and oxygen atoms in total. The van der Waals surface area contributed by atoms with Crippen LogP contribution in [0.25, 0.3) is 0 Å². The fourth-order valence-corrected chi connectivity index (χ4v) is 1.06. The highest BCUT2D eigenvalue weighted by molar-refractivity contribution is 5.20. The molecular weight excluding hydrogens is 258 g/mol. The van der Waals surface area contributed by atoms with Gasteiger partial charge in [0.05, 0.1) is 0 Å². The minimum atomic E-state index is 0.639. The lowest BCUT2D eigenvalue weighted by atomic mass is 10.2. The van der Waals surface area contributed by atoms with Gasteiger partial charge in [-0.15, -0.1) is 0 Å². The molecule has 21 heavy (non-hydrogen) atoms. The second kappa shape index (κ2) is 20.7. The Bertz CT molecular complexity index is 375. The highest BCUT2D eigenvalue weighted by Crippen LogP contribution is 2.00. The summed E-state index contributed by atoms with van der Waals surface area (Å²) in [7, 11) is 1.00. The Hall–Kier alpha value is -1.64. The monoisotopic (exact) mass is 291 g/mol. The van der Waals surface area contributed by atoms with E-state index in [0.29, 0.717) is 6.54 Å². The lowest BCUT2D eigenvalue weighted by molar-refractivity contribution is 0.399. The van der Waals surface area contributed by atoms with Gasteiger partial charge in [0.1, 0.15) is 0 Å². The van der Waals surface area contributed by atoms with Gasteiger partial charge in [-0.25, -0.2) is 0 Å². The summed E-state index contributed by atoms with van der Waals surface area (Å²) in [5, 5.41) is 7.00. The second-order valence-corrected chi connectivity index (χ2v) is 3.92. The van der Waals surface area contributed by atoms with Crippen LogP contribution in [0.3, 0.4) is 0 Å². The van der Waals surface area contributed by atoms with Crippen LogP contribution in [-0.2, 0) is 6.54 Å². The molecule has 0 aliphatic rings. The number of aliphatic hydroxyl groups is 1. The number of allylic oxidation sites excluding steroid dienone is 5. The summed E-state index contributed by atoms with van der Waals surface area (Å²) in [6.45, 7) is 14.4. The second-order valence-electron chi connectivity index (χ2n) is 3.92. The molecule has 0 atom stereocenters. The van der Waals surface area contributed by atoms with Gasteiger partial charge in [0.15, 0.2) is 0 Å². The van der Waals surface area contributed by atoms with Gasteiger partial charge >= 0.3 is 0 Å². The molecule has 1 aromatic rings. The standard InChI is InChI=1S/C8H11N.C8H12.C2H6.CH4O/c1-7-2-4-8(6-9)5-3-7;1-4-5-6-7-8(2)3;2*1-2/h2-5H,6,9H2,1H3;4-7H,2H2,1,3H3;1-2H3;2H,1H3/b;5-4-,7-6-;;. The zero-order chi connectivity index (χ0) is 17.1. The molecule has 0 aliphatic carbocycles. The molecular formula is C19H33NO. The van der Waals surface area contributed by atoms with E-state index in [9.17, 15) is 0 Å². The van der Waals surface area contributed by atoms with Gasteiger partial charge in [-0.05, 0) is 26.3 Å². The van der Waals surface area contributed by atoms with Crippen molar-refractivity contribution in [3.8, 4) is 0 Å². The molecule has 120 valence electrons. The van der Waals surface area contributed by atoms with Crippen LogP contribution in [0.2, 0.25) is 0 Å². The van der Waals surface area contributed by atoms with E-state index >= 15 is 0 Å². The fourth-order valence-electron chi connectivity index (χ4n) is 1.06. The van der Waals surface area contributed by atoms with Gasteiger partial charge in [-0.3, -0.25) is 0 Å². The van der Waals surface area contributed by atoms with Crippen LogP contribution < -0.4 is 5.73 Å². The van der Waals surface area contributed by atoms with E-state index < -0.39 is 0 Å². The molecule has 2 heteroatoms. The summed E-state index contributed by atoms with van der Waals surface area (Å²) in [5.74, 6) is 0. The zero-order valence-electron chi connectivity index (χ0n) is 14.6. The van der Waals surface area contributed by atoms with Crippen LogP contribution in [0, 0.1) is 6.92 Å². The average molecular weight is 291 g/mol. The topological polar surface area (TPSA) is 46.2 Å². The van der Waals surface area contributed by atoms with Crippen molar-refractivity contribution in [3.05, 3.63) is 71.8 Å². The van der Waals surface area contributed by atoms with Crippen LogP contribution in [0.4, 0.5) is 0 Å². The SMILES string of the molecule is C=C(C)/C=C\C=C/C.CC.CO.Cc1ccc(CN)cc1. The van der Waals surface area contributed by atoms with Gasteiger partial charge in [0.2, 0.25) is 0 Å². The van der Waals surface area contributed by atoms with Crippen molar-refractivity contribution in [1.82, 2.24) is 0 Å². The molecule has 0 spiro atoms. The van der Waals surface area contributed by atoms with Crippen molar-refractivity contribution in [3.63, 3.8) is 0 Å². The van der Waals surface area contributed by atoms with Gasteiger partial charge in [0, 0.05) is 13.7 Å². The number of nitrogens with two attached hydrogens (primary N) is 1. The number of aliphatic hydroxyl groups excluding tert-OH is 1. The van der Waals surface area contributed by atoms with Crippen LogP contribution in [0.15, 0.2) is 60.7 Å². The van der Waals surface area contributed by atoms with E-state index in [-0.39, 0.29) is 0 Å².